The van der Waals surface area contributed by atoms with Crippen LogP contribution in [0.25, 0.3) is 0 Å². The zero-order valence-corrected chi connectivity index (χ0v) is 14.8. The number of carbonyl (C=O) groups is 1. The molecule has 0 aliphatic carbocycles. The van der Waals surface area contributed by atoms with Crippen LogP contribution in [0.1, 0.15) is 12.5 Å². The van der Waals surface area contributed by atoms with Crippen LogP contribution in [0.2, 0.25) is 0 Å². The van der Waals surface area contributed by atoms with E-state index >= 15 is 0 Å². The number of methoxy groups -OCH3 is 1. The molecule has 1 saturated heterocycles. The fraction of sp³-hybridized carbons (Fsp3) is 0.611. The first-order valence-electron chi connectivity index (χ1n) is 8.66. The van der Waals surface area contributed by atoms with Gasteiger partial charge in [0.25, 0.3) is 0 Å². The molecule has 1 N–H and O–H groups in total. The third-order valence-corrected chi connectivity index (χ3v) is 4.29. The van der Waals surface area contributed by atoms with Crippen LogP contribution in [-0.2, 0) is 20.8 Å². The predicted octanol–water partition coefficient (Wildman–Crippen LogP) is 0.810. The Morgan fingerprint density at radius 3 is 3.04 bits per heavy atom. The van der Waals surface area contributed by atoms with E-state index in [0.717, 1.165) is 17.1 Å². The lowest BCUT2D eigenvalue weighted by Gasteiger charge is -2.24. The standard InChI is InChI=1S/C18H26N2O5/c1-13-9-20(10-14-3-4-15(22-2)7-17(14)25-13)11-18(21)19-8-16-12-23-5-6-24-16/h3-4,7,13,16H,5-6,8-12H2,1-2H3,(H,19,21)/t13-,16+/m1/s1. The summed E-state index contributed by atoms with van der Waals surface area (Å²) in [6.07, 6.45) is -0.0616. The van der Waals surface area contributed by atoms with Crippen LogP contribution in [-0.4, -0.2) is 69.6 Å². The lowest BCUT2D eigenvalue weighted by Crippen LogP contribution is -2.44. The Morgan fingerprint density at radius 1 is 1.40 bits per heavy atom. The molecular weight excluding hydrogens is 324 g/mol. The molecule has 1 aromatic rings. The first-order valence-corrected chi connectivity index (χ1v) is 8.66. The quantitative estimate of drug-likeness (QED) is 0.848. The summed E-state index contributed by atoms with van der Waals surface area (Å²) in [6, 6.07) is 5.80. The van der Waals surface area contributed by atoms with Gasteiger partial charge in [-0.1, -0.05) is 6.07 Å². The predicted molar refractivity (Wildman–Crippen MR) is 91.9 cm³/mol. The van der Waals surface area contributed by atoms with Crippen molar-refractivity contribution in [3.8, 4) is 11.5 Å². The minimum Gasteiger partial charge on any atom is -0.497 e. The molecule has 25 heavy (non-hydrogen) atoms. The lowest BCUT2D eigenvalue weighted by molar-refractivity contribution is -0.125. The molecule has 0 unspecified atom stereocenters. The second kappa shape index (κ2) is 8.51. The molecule has 2 aliphatic rings. The lowest BCUT2D eigenvalue weighted by atomic mass is 10.2. The molecule has 0 saturated carbocycles. The number of benzene rings is 1. The molecule has 0 aromatic heterocycles. The normalized spacial score (nSPS) is 23.9. The van der Waals surface area contributed by atoms with Gasteiger partial charge in [-0.05, 0) is 13.0 Å². The monoisotopic (exact) mass is 350 g/mol. The van der Waals surface area contributed by atoms with Gasteiger partial charge in [0, 0.05) is 31.3 Å². The number of rotatable bonds is 5. The van der Waals surface area contributed by atoms with Gasteiger partial charge in [0.15, 0.2) is 0 Å². The number of carbonyl (C=O) groups excluding carboxylic acids is 1. The smallest absolute Gasteiger partial charge is 0.234 e. The van der Waals surface area contributed by atoms with E-state index in [0.29, 0.717) is 46.0 Å². The molecule has 1 fully saturated rings. The van der Waals surface area contributed by atoms with Gasteiger partial charge >= 0.3 is 0 Å². The Hall–Kier alpha value is -1.83. The highest BCUT2D eigenvalue weighted by Gasteiger charge is 2.23. The summed E-state index contributed by atoms with van der Waals surface area (Å²) in [4.78, 5) is 14.4. The van der Waals surface area contributed by atoms with Crippen LogP contribution in [0.3, 0.4) is 0 Å². The van der Waals surface area contributed by atoms with Gasteiger partial charge in [-0.3, -0.25) is 9.69 Å². The van der Waals surface area contributed by atoms with Crippen LogP contribution >= 0.6 is 0 Å². The van der Waals surface area contributed by atoms with Crippen LogP contribution in [0.15, 0.2) is 18.2 Å². The highest BCUT2D eigenvalue weighted by Crippen LogP contribution is 2.29. The molecule has 3 rings (SSSR count). The van der Waals surface area contributed by atoms with Crippen molar-refractivity contribution >= 4 is 5.91 Å². The number of hydrogen-bond acceptors (Lipinski definition) is 6. The summed E-state index contributed by atoms with van der Waals surface area (Å²) in [6.45, 7) is 5.91. The van der Waals surface area contributed by atoms with Crippen molar-refractivity contribution in [2.24, 2.45) is 0 Å². The molecule has 0 bridgehead atoms. The summed E-state index contributed by atoms with van der Waals surface area (Å²) < 4.78 is 22.1. The fourth-order valence-electron chi connectivity index (χ4n) is 3.09. The Kier molecular flexibility index (Phi) is 6.12. The van der Waals surface area contributed by atoms with Crippen molar-refractivity contribution < 1.29 is 23.7 Å². The maximum atomic E-state index is 12.3. The fourth-order valence-corrected chi connectivity index (χ4v) is 3.09. The summed E-state index contributed by atoms with van der Waals surface area (Å²) in [5, 5.41) is 2.93. The highest BCUT2D eigenvalue weighted by atomic mass is 16.6. The number of nitrogens with one attached hydrogen (secondary N) is 1. The number of hydrogen-bond donors (Lipinski definition) is 1. The molecule has 7 nitrogen and oxygen atoms in total. The van der Waals surface area contributed by atoms with Crippen LogP contribution in [0.5, 0.6) is 11.5 Å². The molecule has 2 aliphatic heterocycles. The minimum absolute atomic E-state index is 0.00349. The summed E-state index contributed by atoms with van der Waals surface area (Å²) in [5.74, 6) is 1.58. The minimum atomic E-state index is -0.0581. The topological polar surface area (TPSA) is 69.3 Å². The van der Waals surface area contributed by atoms with Crippen LogP contribution < -0.4 is 14.8 Å². The molecule has 138 valence electrons. The van der Waals surface area contributed by atoms with E-state index in [1.165, 1.54) is 0 Å². The van der Waals surface area contributed by atoms with E-state index in [1.807, 2.05) is 25.1 Å². The van der Waals surface area contributed by atoms with E-state index in [9.17, 15) is 4.79 Å². The summed E-state index contributed by atoms with van der Waals surface area (Å²) in [7, 11) is 1.64. The first-order chi connectivity index (χ1) is 12.1. The summed E-state index contributed by atoms with van der Waals surface area (Å²) >= 11 is 0. The van der Waals surface area contributed by atoms with E-state index in [2.05, 4.69) is 10.2 Å². The van der Waals surface area contributed by atoms with Gasteiger partial charge in [0.05, 0.1) is 39.6 Å². The summed E-state index contributed by atoms with van der Waals surface area (Å²) in [5.41, 5.74) is 1.06. The van der Waals surface area contributed by atoms with Crippen molar-refractivity contribution in [3.05, 3.63) is 23.8 Å². The maximum Gasteiger partial charge on any atom is 0.234 e. The van der Waals surface area contributed by atoms with Gasteiger partial charge in [0.1, 0.15) is 17.6 Å². The molecule has 2 atom stereocenters. The number of nitrogens with zero attached hydrogens (tertiary/aromatic N) is 1. The van der Waals surface area contributed by atoms with Gasteiger partial charge in [-0.25, -0.2) is 0 Å². The van der Waals surface area contributed by atoms with Gasteiger partial charge in [0.2, 0.25) is 5.91 Å². The molecular formula is C18H26N2O5. The molecule has 0 spiro atoms. The number of ether oxygens (including phenoxy) is 4. The molecule has 2 heterocycles. The SMILES string of the molecule is COc1ccc2c(c1)O[C@H](C)CN(CC(=O)NC[C@H]1COCCO1)C2. The Morgan fingerprint density at radius 2 is 2.28 bits per heavy atom. The number of amides is 1. The average molecular weight is 350 g/mol. The first kappa shape index (κ1) is 18.0. The zero-order chi connectivity index (χ0) is 17.6. The van der Waals surface area contributed by atoms with E-state index in [-0.39, 0.29) is 18.1 Å². The maximum absolute atomic E-state index is 12.3. The van der Waals surface area contributed by atoms with Crippen molar-refractivity contribution in [1.82, 2.24) is 10.2 Å². The van der Waals surface area contributed by atoms with Crippen molar-refractivity contribution in [3.63, 3.8) is 0 Å². The third kappa shape index (κ3) is 5.07. The largest absolute Gasteiger partial charge is 0.497 e. The third-order valence-electron chi connectivity index (χ3n) is 4.29. The molecule has 1 amide bonds. The Bertz CT molecular complexity index is 589. The van der Waals surface area contributed by atoms with Crippen molar-refractivity contribution in [2.75, 3.05) is 46.6 Å². The van der Waals surface area contributed by atoms with Crippen molar-refractivity contribution in [2.45, 2.75) is 25.7 Å². The molecule has 7 heteroatoms. The van der Waals surface area contributed by atoms with Crippen molar-refractivity contribution in [1.29, 1.82) is 0 Å². The van der Waals surface area contributed by atoms with Gasteiger partial charge in [-0.15, -0.1) is 0 Å². The molecule has 1 aromatic carbocycles. The van der Waals surface area contributed by atoms with E-state index in [1.54, 1.807) is 7.11 Å². The van der Waals surface area contributed by atoms with Gasteiger partial charge < -0.3 is 24.3 Å². The van der Waals surface area contributed by atoms with Gasteiger partial charge in [-0.2, -0.15) is 0 Å². The average Bonchev–Trinajstić information content (AvgIpc) is 2.77. The molecule has 0 radical (unpaired) electrons. The van der Waals surface area contributed by atoms with Crippen LogP contribution in [0, 0.1) is 0 Å². The Labute approximate surface area is 148 Å². The van der Waals surface area contributed by atoms with Crippen LogP contribution in [0.4, 0.5) is 0 Å². The second-order valence-corrected chi connectivity index (χ2v) is 6.44. The van der Waals surface area contributed by atoms with E-state index < -0.39 is 0 Å². The van der Waals surface area contributed by atoms with E-state index in [4.69, 9.17) is 18.9 Å². The second-order valence-electron chi connectivity index (χ2n) is 6.44. The Balaban J connectivity index is 1.55. The zero-order valence-electron chi connectivity index (χ0n) is 14.8. The highest BCUT2D eigenvalue weighted by molar-refractivity contribution is 5.78. The number of fused-ring (bicyclic) bond motifs is 1.